The van der Waals surface area contributed by atoms with Crippen LogP contribution in [0, 0.1) is 5.92 Å². The predicted molar refractivity (Wildman–Crippen MR) is 151 cm³/mol. The van der Waals surface area contributed by atoms with Gasteiger partial charge in [0.05, 0.1) is 11.1 Å². The number of anilines is 1. The van der Waals surface area contributed by atoms with Crippen LogP contribution in [0.1, 0.15) is 55.2 Å². The number of amides is 1. The zero-order valence-electron chi connectivity index (χ0n) is 21.5. The standard InChI is InChI=1S/C28H33Cl2N5O3/c1-17(2)34-26-13-22(23(30)15-33-26)20-12-24(32-14-20)28(37)35-25(19-4-3-5-21(29)11-19)16-38-27(36)10-18-6-8-31-9-7-18/h3-5,11-15,17-18,25,31-32H,6-10,16H2,1-2H3,(H,33,34)(H,35,37)/t25-/m1/s1. The minimum absolute atomic E-state index is 0.00384. The van der Waals surface area contributed by atoms with Crippen molar-refractivity contribution < 1.29 is 14.3 Å². The molecule has 202 valence electrons. The Morgan fingerprint density at radius 3 is 2.68 bits per heavy atom. The zero-order chi connectivity index (χ0) is 27.1. The van der Waals surface area contributed by atoms with Gasteiger partial charge in [0, 0.05) is 41.0 Å². The number of esters is 1. The van der Waals surface area contributed by atoms with Crippen LogP contribution in [0.3, 0.4) is 0 Å². The van der Waals surface area contributed by atoms with Crippen LogP contribution in [0.25, 0.3) is 11.1 Å². The molecule has 0 aliphatic carbocycles. The van der Waals surface area contributed by atoms with Crippen molar-refractivity contribution in [3.8, 4) is 11.1 Å². The number of aromatic amines is 1. The molecule has 1 atom stereocenters. The molecule has 3 heterocycles. The molecule has 1 amide bonds. The van der Waals surface area contributed by atoms with E-state index in [0.29, 0.717) is 33.9 Å². The molecule has 0 saturated carbocycles. The summed E-state index contributed by atoms with van der Waals surface area (Å²) in [7, 11) is 0. The van der Waals surface area contributed by atoms with E-state index in [2.05, 4.69) is 25.9 Å². The number of hydrogen-bond donors (Lipinski definition) is 4. The van der Waals surface area contributed by atoms with Gasteiger partial charge in [-0.3, -0.25) is 9.59 Å². The first kappa shape index (κ1) is 28.0. The summed E-state index contributed by atoms with van der Waals surface area (Å²) in [5, 5.41) is 10.5. The van der Waals surface area contributed by atoms with Gasteiger partial charge in [0.1, 0.15) is 18.1 Å². The second-order valence-electron chi connectivity index (χ2n) is 9.81. The molecule has 1 saturated heterocycles. The predicted octanol–water partition coefficient (Wildman–Crippen LogP) is 5.61. The topological polar surface area (TPSA) is 108 Å². The van der Waals surface area contributed by atoms with Crippen LogP contribution in [-0.2, 0) is 9.53 Å². The molecule has 3 aromatic rings. The number of aromatic nitrogens is 2. The maximum Gasteiger partial charge on any atom is 0.306 e. The van der Waals surface area contributed by atoms with Crippen molar-refractivity contribution in [1.82, 2.24) is 20.6 Å². The van der Waals surface area contributed by atoms with Crippen molar-refractivity contribution in [3.63, 3.8) is 0 Å². The van der Waals surface area contributed by atoms with Crippen LogP contribution in [0.2, 0.25) is 10.0 Å². The molecule has 4 rings (SSSR count). The van der Waals surface area contributed by atoms with Crippen molar-refractivity contribution in [1.29, 1.82) is 0 Å². The van der Waals surface area contributed by atoms with E-state index in [4.69, 9.17) is 27.9 Å². The molecule has 0 radical (unpaired) electrons. The van der Waals surface area contributed by atoms with E-state index >= 15 is 0 Å². The monoisotopic (exact) mass is 557 g/mol. The summed E-state index contributed by atoms with van der Waals surface area (Å²) in [5.74, 6) is 0.398. The molecular formula is C28H33Cl2N5O3. The van der Waals surface area contributed by atoms with Crippen LogP contribution in [-0.4, -0.2) is 47.6 Å². The maximum absolute atomic E-state index is 13.2. The van der Waals surface area contributed by atoms with Gasteiger partial charge in [-0.2, -0.15) is 0 Å². The second kappa shape index (κ2) is 13.1. The summed E-state index contributed by atoms with van der Waals surface area (Å²) in [5.41, 5.74) is 2.59. The normalized spacial score (nSPS) is 14.8. The van der Waals surface area contributed by atoms with E-state index in [1.165, 1.54) is 0 Å². The van der Waals surface area contributed by atoms with Gasteiger partial charge in [-0.25, -0.2) is 4.98 Å². The Hall–Kier alpha value is -3.07. The molecule has 1 aromatic carbocycles. The van der Waals surface area contributed by atoms with Crippen molar-refractivity contribution in [3.05, 3.63) is 70.1 Å². The van der Waals surface area contributed by atoms with Gasteiger partial charge in [-0.05, 0) is 75.5 Å². The third-order valence-corrected chi connectivity index (χ3v) is 6.95. The van der Waals surface area contributed by atoms with Gasteiger partial charge in [0.25, 0.3) is 5.91 Å². The summed E-state index contributed by atoms with van der Waals surface area (Å²) < 4.78 is 5.61. The number of ether oxygens (including phenoxy) is 1. The Morgan fingerprint density at radius 1 is 1.16 bits per heavy atom. The Balaban J connectivity index is 1.46. The Bertz CT molecular complexity index is 1260. The van der Waals surface area contributed by atoms with Gasteiger partial charge in [0.15, 0.2) is 0 Å². The highest BCUT2D eigenvalue weighted by Crippen LogP contribution is 2.30. The van der Waals surface area contributed by atoms with Crippen molar-refractivity contribution in [2.75, 3.05) is 25.0 Å². The van der Waals surface area contributed by atoms with Crippen LogP contribution in [0.4, 0.5) is 5.82 Å². The smallest absolute Gasteiger partial charge is 0.306 e. The largest absolute Gasteiger partial charge is 0.463 e. The van der Waals surface area contributed by atoms with Crippen molar-refractivity contribution in [2.24, 2.45) is 5.92 Å². The van der Waals surface area contributed by atoms with E-state index in [0.717, 1.165) is 42.6 Å². The van der Waals surface area contributed by atoms with Crippen LogP contribution in [0.5, 0.6) is 0 Å². The lowest BCUT2D eigenvalue weighted by Crippen LogP contribution is -2.33. The third-order valence-electron chi connectivity index (χ3n) is 6.41. The number of H-pyrrole nitrogens is 1. The molecule has 0 bridgehead atoms. The van der Waals surface area contributed by atoms with Gasteiger partial charge in [-0.15, -0.1) is 0 Å². The molecule has 0 unspecified atom stereocenters. The average Bonchev–Trinajstić information content (AvgIpc) is 3.38. The summed E-state index contributed by atoms with van der Waals surface area (Å²) in [6.45, 7) is 5.88. The van der Waals surface area contributed by atoms with Crippen molar-refractivity contribution >= 4 is 40.9 Å². The summed E-state index contributed by atoms with van der Waals surface area (Å²) in [6, 6.07) is 10.4. The molecule has 4 N–H and O–H groups in total. The SMILES string of the molecule is CC(C)Nc1cc(-c2c[nH]c(C(=O)N[C@H](COC(=O)CC3CCNCC3)c3cccc(Cl)c3)c2)c(Cl)cn1. The summed E-state index contributed by atoms with van der Waals surface area (Å²) in [6.07, 6.45) is 5.59. The molecule has 0 spiro atoms. The fourth-order valence-corrected chi connectivity index (χ4v) is 4.86. The molecular weight excluding hydrogens is 525 g/mol. The lowest BCUT2D eigenvalue weighted by atomic mass is 9.95. The number of benzene rings is 1. The number of halogens is 2. The van der Waals surface area contributed by atoms with Crippen LogP contribution in [0.15, 0.2) is 48.8 Å². The minimum Gasteiger partial charge on any atom is -0.463 e. The van der Waals surface area contributed by atoms with E-state index in [9.17, 15) is 9.59 Å². The molecule has 8 nitrogen and oxygen atoms in total. The highest BCUT2D eigenvalue weighted by molar-refractivity contribution is 6.33. The number of nitrogens with zero attached hydrogens (tertiary/aromatic N) is 1. The highest BCUT2D eigenvalue weighted by atomic mass is 35.5. The number of piperidine rings is 1. The average molecular weight is 559 g/mol. The Kier molecular flexibility index (Phi) is 9.66. The molecule has 1 aliphatic heterocycles. The van der Waals surface area contributed by atoms with Gasteiger partial charge < -0.3 is 25.7 Å². The number of pyridine rings is 1. The fraction of sp³-hybridized carbons (Fsp3) is 0.393. The lowest BCUT2D eigenvalue weighted by Gasteiger charge is -2.23. The number of rotatable bonds is 10. The van der Waals surface area contributed by atoms with Crippen LogP contribution < -0.4 is 16.0 Å². The first-order valence-electron chi connectivity index (χ1n) is 12.8. The maximum atomic E-state index is 13.2. The Labute approximate surface area is 232 Å². The number of carbonyl (C=O) groups is 2. The highest BCUT2D eigenvalue weighted by Gasteiger charge is 2.22. The van der Waals surface area contributed by atoms with Gasteiger partial charge in [0.2, 0.25) is 0 Å². The summed E-state index contributed by atoms with van der Waals surface area (Å²) >= 11 is 12.6. The first-order valence-corrected chi connectivity index (χ1v) is 13.6. The quantitative estimate of drug-likeness (QED) is 0.241. The van der Waals surface area contributed by atoms with Crippen LogP contribution >= 0.6 is 23.2 Å². The van der Waals surface area contributed by atoms with E-state index < -0.39 is 6.04 Å². The van der Waals surface area contributed by atoms with Crippen molar-refractivity contribution in [2.45, 2.75) is 45.2 Å². The molecule has 38 heavy (non-hydrogen) atoms. The lowest BCUT2D eigenvalue weighted by molar-refractivity contribution is -0.145. The molecule has 10 heteroatoms. The fourth-order valence-electron chi connectivity index (χ4n) is 4.45. The number of hydrogen-bond acceptors (Lipinski definition) is 6. The van der Waals surface area contributed by atoms with E-state index in [-0.39, 0.29) is 24.5 Å². The molecule has 1 fully saturated rings. The first-order chi connectivity index (χ1) is 18.3. The number of carbonyl (C=O) groups excluding carboxylic acids is 2. The number of nitrogens with one attached hydrogen (secondary N) is 4. The van der Waals surface area contributed by atoms with E-state index in [1.54, 1.807) is 36.7 Å². The van der Waals surface area contributed by atoms with Gasteiger partial charge in [-0.1, -0.05) is 35.3 Å². The van der Waals surface area contributed by atoms with Gasteiger partial charge >= 0.3 is 5.97 Å². The third kappa shape index (κ3) is 7.72. The molecule has 1 aliphatic rings. The second-order valence-corrected chi connectivity index (χ2v) is 10.7. The van der Waals surface area contributed by atoms with E-state index in [1.807, 2.05) is 26.0 Å². The molecule has 2 aromatic heterocycles. The summed E-state index contributed by atoms with van der Waals surface area (Å²) in [4.78, 5) is 33.1. The minimum atomic E-state index is -0.573. The zero-order valence-corrected chi connectivity index (χ0v) is 23.0. The Morgan fingerprint density at radius 2 is 1.95 bits per heavy atom.